The predicted octanol–water partition coefficient (Wildman–Crippen LogP) is 6.07. The molecule has 0 radical (unpaired) electrons. The molecule has 3 rings (SSSR count). The zero-order valence-corrected chi connectivity index (χ0v) is 19.8. The Morgan fingerprint density at radius 3 is 2.60 bits per heavy atom. The van der Waals surface area contributed by atoms with E-state index < -0.39 is 5.91 Å². The first-order valence-corrected chi connectivity index (χ1v) is 11.0. The van der Waals surface area contributed by atoms with E-state index in [4.69, 9.17) is 21.1 Å². The first-order chi connectivity index (χ1) is 17.0. The number of anilines is 1. The van der Waals surface area contributed by atoms with E-state index >= 15 is 0 Å². The van der Waals surface area contributed by atoms with Gasteiger partial charge in [-0.2, -0.15) is 10.5 Å². The van der Waals surface area contributed by atoms with Crippen molar-refractivity contribution in [2.45, 2.75) is 13.0 Å². The van der Waals surface area contributed by atoms with Gasteiger partial charge in [-0.25, -0.2) is 0 Å². The lowest BCUT2D eigenvalue weighted by Crippen LogP contribution is -2.13. The van der Waals surface area contributed by atoms with E-state index in [1.165, 1.54) is 13.2 Å². The molecule has 0 fully saturated rings. The van der Waals surface area contributed by atoms with Crippen LogP contribution in [0.2, 0.25) is 5.02 Å². The molecule has 0 atom stereocenters. The fourth-order valence-corrected chi connectivity index (χ4v) is 3.56. The van der Waals surface area contributed by atoms with Crippen molar-refractivity contribution in [3.05, 3.63) is 106 Å². The molecule has 6 nitrogen and oxygen atoms in total. The van der Waals surface area contributed by atoms with Crippen molar-refractivity contribution in [2.75, 3.05) is 12.4 Å². The minimum atomic E-state index is -0.563. The van der Waals surface area contributed by atoms with E-state index in [2.05, 4.69) is 18.0 Å². The Morgan fingerprint density at radius 1 is 1.11 bits per heavy atom. The molecule has 7 heteroatoms. The van der Waals surface area contributed by atoms with Gasteiger partial charge in [0.15, 0.2) is 11.5 Å². The highest BCUT2D eigenvalue weighted by Crippen LogP contribution is 2.35. The highest BCUT2D eigenvalue weighted by molar-refractivity contribution is 6.31. The number of carbonyl (C=O) groups excluding carboxylic acids is 1. The summed E-state index contributed by atoms with van der Waals surface area (Å²) in [5.41, 5.74) is 3.01. The maximum absolute atomic E-state index is 12.7. The van der Waals surface area contributed by atoms with Crippen LogP contribution in [0.4, 0.5) is 5.69 Å². The van der Waals surface area contributed by atoms with Crippen LogP contribution in [-0.4, -0.2) is 13.0 Å². The van der Waals surface area contributed by atoms with Gasteiger partial charge >= 0.3 is 0 Å². The molecule has 0 aliphatic rings. The largest absolute Gasteiger partial charge is 0.493 e. The number of allylic oxidation sites excluding steroid dienone is 1. The number of hydrogen-bond donors (Lipinski definition) is 1. The Morgan fingerprint density at radius 2 is 1.91 bits per heavy atom. The predicted molar refractivity (Wildman–Crippen MR) is 136 cm³/mol. The summed E-state index contributed by atoms with van der Waals surface area (Å²) in [7, 11) is 1.51. The van der Waals surface area contributed by atoms with Gasteiger partial charge in [0.25, 0.3) is 5.91 Å². The summed E-state index contributed by atoms with van der Waals surface area (Å²) in [5.74, 6) is 0.365. The second-order valence-corrected chi connectivity index (χ2v) is 7.83. The fourth-order valence-electron chi connectivity index (χ4n) is 3.37. The highest BCUT2D eigenvalue weighted by atomic mass is 35.5. The summed E-state index contributed by atoms with van der Waals surface area (Å²) < 4.78 is 11.6. The summed E-state index contributed by atoms with van der Waals surface area (Å²) in [4.78, 5) is 12.7. The molecule has 0 aliphatic heterocycles. The molecule has 0 spiro atoms. The molecular formula is C28H22ClN3O3. The molecule has 0 bridgehead atoms. The molecule has 0 heterocycles. The average Bonchev–Trinajstić information content (AvgIpc) is 2.86. The van der Waals surface area contributed by atoms with Crippen LogP contribution in [0.1, 0.15) is 22.3 Å². The number of carbonyl (C=O) groups is 1. The second kappa shape index (κ2) is 12.1. The van der Waals surface area contributed by atoms with Crippen LogP contribution in [0.5, 0.6) is 11.5 Å². The van der Waals surface area contributed by atoms with Crippen molar-refractivity contribution in [2.24, 2.45) is 0 Å². The van der Waals surface area contributed by atoms with Crippen LogP contribution in [-0.2, 0) is 17.8 Å². The monoisotopic (exact) mass is 483 g/mol. The van der Waals surface area contributed by atoms with E-state index in [0.29, 0.717) is 39.8 Å². The van der Waals surface area contributed by atoms with E-state index in [1.54, 1.807) is 54.6 Å². The lowest BCUT2D eigenvalue weighted by atomic mass is 10.0. The van der Waals surface area contributed by atoms with Gasteiger partial charge in [0.05, 0.1) is 18.7 Å². The van der Waals surface area contributed by atoms with Gasteiger partial charge in [0, 0.05) is 21.8 Å². The van der Waals surface area contributed by atoms with Gasteiger partial charge < -0.3 is 14.8 Å². The van der Waals surface area contributed by atoms with Crippen molar-refractivity contribution in [3.8, 4) is 23.6 Å². The first kappa shape index (κ1) is 25.1. The Balaban J connectivity index is 1.92. The van der Waals surface area contributed by atoms with Crippen LogP contribution in [0.15, 0.2) is 78.9 Å². The number of amides is 1. The van der Waals surface area contributed by atoms with E-state index in [-0.39, 0.29) is 12.2 Å². The maximum atomic E-state index is 12.7. The molecule has 0 aliphatic carbocycles. The molecule has 0 saturated heterocycles. The SMILES string of the molecule is C=CCc1cc(/C=C(\C#N)C(=O)Nc2cccc(Cl)c2)cc(OC)c1OCc1ccccc1C#N. The number of hydrogen-bond acceptors (Lipinski definition) is 5. The van der Waals surface area contributed by atoms with Crippen molar-refractivity contribution in [3.63, 3.8) is 0 Å². The minimum Gasteiger partial charge on any atom is -0.493 e. The number of methoxy groups -OCH3 is 1. The van der Waals surface area contributed by atoms with Gasteiger partial charge in [0.2, 0.25) is 0 Å². The molecule has 3 aromatic rings. The molecule has 0 aromatic heterocycles. The topological polar surface area (TPSA) is 95.1 Å². The number of rotatable bonds is 9. The Kier molecular flexibility index (Phi) is 8.67. The zero-order chi connectivity index (χ0) is 25.2. The molecule has 1 amide bonds. The molecule has 35 heavy (non-hydrogen) atoms. The number of nitrogens with zero attached hydrogens (tertiary/aromatic N) is 2. The number of halogens is 1. The van der Waals surface area contributed by atoms with E-state index in [0.717, 1.165) is 11.1 Å². The summed E-state index contributed by atoms with van der Waals surface area (Å²) in [6.45, 7) is 3.98. The summed E-state index contributed by atoms with van der Waals surface area (Å²) >= 11 is 5.97. The summed E-state index contributed by atoms with van der Waals surface area (Å²) in [6.07, 6.45) is 3.66. The minimum absolute atomic E-state index is 0.0896. The number of nitrogens with one attached hydrogen (secondary N) is 1. The number of nitriles is 2. The highest BCUT2D eigenvalue weighted by Gasteiger charge is 2.16. The summed E-state index contributed by atoms with van der Waals surface area (Å²) in [6, 6.07) is 21.4. The quantitative estimate of drug-likeness (QED) is 0.226. The molecule has 0 unspecified atom stereocenters. The maximum Gasteiger partial charge on any atom is 0.266 e. The first-order valence-electron chi connectivity index (χ1n) is 10.6. The Bertz CT molecular complexity index is 1370. The third kappa shape index (κ3) is 6.51. The smallest absolute Gasteiger partial charge is 0.266 e. The van der Waals surface area contributed by atoms with Crippen LogP contribution in [0, 0.1) is 22.7 Å². The van der Waals surface area contributed by atoms with Crippen LogP contribution >= 0.6 is 11.6 Å². The molecular weight excluding hydrogens is 462 g/mol. The standard InChI is InChI=1S/C28H22ClN3O3/c1-3-7-20-12-19(13-23(17-31)28(33)32-25-11-6-10-24(29)15-25)14-26(34-2)27(20)35-18-22-9-5-4-8-21(22)16-30/h3-6,8-15H,1,7,18H2,2H3,(H,32,33)/b23-13+. The van der Waals surface area contributed by atoms with E-state index in [9.17, 15) is 15.3 Å². The van der Waals surface area contributed by atoms with Gasteiger partial charge in [-0.3, -0.25) is 4.79 Å². The van der Waals surface area contributed by atoms with Crippen molar-refractivity contribution >= 4 is 29.3 Å². The normalized spacial score (nSPS) is 10.6. The molecule has 3 aromatic carbocycles. The van der Waals surface area contributed by atoms with Gasteiger partial charge in [-0.15, -0.1) is 6.58 Å². The molecule has 174 valence electrons. The number of ether oxygens (including phenoxy) is 2. The van der Waals surface area contributed by atoms with Gasteiger partial charge in [-0.1, -0.05) is 41.9 Å². The van der Waals surface area contributed by atoms with Gasteiger partial charge in [-0.05, 0) is 54.5 Å². The van der Waals surface area contributed by atoms with Crippen LogP contribution < -0.4 is 14.8 Å². The van der Waals surface area contributed by atoms with Crippen molar-refractivity contribution < 1.29 is 14.3 Å². The van der Waals surface area contributed by atoms with Crippen molar-refractivity contribution in [1.82, 2.24) is 0 Å². The second-order valence-electron chi connectivity index (χ2n) is 7.40. The lowest BCUT2D eigenvalue weighted by Gasteiger charge is -2.16. The Hall–Kier alpha value is -4.52. The van der Waals surface area contributed by atoms with E-state index in [1.807, 2.05) is 18.2 Å². The molecule has 1 N–H and O–H groups in total. The lowest BCUT2D eigenvalue weighted by molar-refractivity contribution is -0.112. The van der Waals surface area contributed by atoms with Crippen LogP contribution in [0.3, 0.4) is 0 Å². The summed E-state index contributed by atoms with van der Waals surface area (Å²) in [5, 5.41) is 22.1. The third-order valence-corrected chi connectivity index (χ3v) is 5.24. The van der Waals surface area contributed by atoms with Gasteiger partial charge in [0.1, 0.15) is 18.2 Å². The van der Waals surface area contributed by atoms with Crippen molar-refractivity contribution in [1.29, 1.82) is 10.5 Å². The molecule has 0 saturated carbocycles. The third-order valence-electron chi connectivity index (χ3n) is 5.01. The number of benzene rings is 3. The zero-order valence-electron chi connectivity index (χ0n) is 19.0. The fraction of sp³-hybridized carbons (Fsp3) is 0.107. The average molecular weight is 484 g/mol. The van der Waals surface area contributed by atoms with Crippen LogP contribution in [0.25, 0.3) is 6.08 Å². The Labute approximate surface area is 209 Å².